The van der Waals surface area contributed by atoms with Crippen molar-refractivity contribution in [2.75, 3.05) is 19.8 Å². The number of carbonyl (C=O) groups is 1. The molecule has 0 radical (unpaired) electrons. The fraction of sp³-hybridized carbons (Fsp3) is 0.682. The molecule has 2 atom stereocenters. The summed E-state index contributed by atoms with van der Waals surface area (Å²) in [6, 6.07) is 1.74. The summed E-state index contributed by atoms with van der Waals surface area (Å²) in [5.41, 5.74) is 0.448. The normalized spacial score (nSPS) is 26.4. The zero-order valence-corrected chi connectivity index (χ0v) is 19.3. The second kappa shape index (κ2) is 11.0. The number of sulfonamides is 1. The Balaban J connectivity index is 1.54. The maximum Gasteiger partial charge on any atom is 0.214 e. The van der Waals surface area contributed by atoms with E-state index in [1.54, 1.807) is 13.8 Å². The topological polar surface area (TPSA) is 93.7 Å². The summed E-state index contributed by atoms with van der Waals surface area (Å²) in [6.07, 6.45) is 4.01. The van der Waals surface area contributed by atoms with Crippen molar-refractivity contribution in [2.24, 2.45) is 0 Å². The molecule has 0 spiro atoms. The van der Waals surface area contributed by atoms with Gasteiger partial charge in [-0.05, 0) is 64.5 Å². The van der Waals surface area contributed by atoms with Crippen LogP contribution in [0.15, 0.2) is 12.1 Å². The molecule has 1 heterocycles. The third-order valence-corrected chi connectivity index (χ3v) is 8.11. The lowest BCUT2D eigenvalue weighted by atomic mass is 9.82. The van der Waals surface area contributed by atoms with Gasteiger partial charge in [0.1, 0.15) is 12.4 Å². The molecule has 0 unspecified atom stereocenters. The van der Waals surface area contributed by atoms with Gasteiger partial charge in [-0.15, -0.1) is 0 Å². The van der Waals surface area contributed by atoms with Crippen LogP contribution < -0.4 is 14.8 Å². The predicted octanol–water partition coefficient (Wildman–Crippen LogP) is 2.64. The molecular weight excluding hydrogens is 442 g/mol. The quantitative estimate of drug-likeness (QED) is 0.507. The van der Waals surface area contributed by atoms with Gasteiger partial charge in [0.25, 0.3) is 0 Å². The van der Waals surface area contributed by atoms with Crippen molar-refractivity contribution in [1.82, 2.24) is 10.0 Å². The largest absolute Gasteiger partial charge is 0.483 e. The van der Waals surface area contributed by atoms with Crippen LogP contribution >= 0.6 is 0 Å². The number of aldehydes is 1. The Morgan fingerprint density at radius 1 is 1.19 bits per heavy atom. The fourth-order valence-electron chi connectivity index (χ4n) is 4.36. The molecule has 1 aromatic carbocycles. The van der Waals surface area contributed by atoms with Crippen LogP contribution in [0.4, 0.5) is 8.78 Å². The molecule has 0 aromatic heterocycles. The van der Waals surface area contributed by atoms with E-state index in [-0.39, 0.29) is 36.5 Å². The molecule has 0 bridgehead atoms. The molecule has 1 saturated carbocycles. The lowest BCUT2D eigenvalue weighted by Crippen LogP contribution is -2.48. The maximum absolute atomic E-state index is 14.2. The van der Waals surface area contributed by atoms with Crippen LogP contribution in [0.5, 0.6) is 5.75 Å². The number of rotatable bonds is 10. The van der Waals surface area contributed by atoms with Gasteiger partial charge >= 0.3 is 0 Å². The highest BCUT2D eigenvalue weighted by Crippen LogP contribution is 2.40. The number of benzene rings is 1. The van der Waals surface area contributed by atoms with E-state index in [9.17, 15) is 22.0 Å². The van der Waals surface area contributed by atoms with Gasteiger partial charge in [-0.2, -0.15) is 0 Å². The van der Waals surface area contributed by atoms with Crippen LogP contribution in [-0.2, 0) is 19.6 Å². The Bertz CT molecular complexity index is 889. The Hall–Kier alpha value is -1.62. The zero-order valence-electron chi connectivity index (χ0n) is 18.5. The standard InChI is InChI=1S/C22H32F2N2O5S/c1-14(2)32(28,29)26-20-7-8-25-21(20)13-31-17-5-3-15(4-6-17)18-11-16(23)12-19(24)22(18)30-10-9-27/h9,11-12,14-15,17,20-21,25-26H,3-8,10,13H2,1-2H3/t15?,17?,20-,21-/m0/s1. The van der Waals surface area contributed by atoms with Gasteiger partial charge in [-0.1, -0.05) is 0 Å². The van der Waals surface area contributed by atoms with Crippen LogP contribution in [-0.4, -0.2) is 57.9 Å². The maximum atomic E-state index is 14.2. The summed E-state index contributed by atoms with van der Waals surface area (Å²) < 4.78 is 66.5. The first-order chi connectivity index (χ1) is 15.2. The van der Waals surface area contributed by atoms with Gasteiger partial charge in [0, 0.05) is 23.7 Å². The highest BCUT2D eigenvalue weighted by Gasteiger charge is 2.33. The minimum atomic E-state index is -3.35. The first kappa shape index (κ1) is 25.0. The van der Waals surface area contributed by atoms with E-state index in [2.05, 4.69) is 10.0 Å². The molecule has 2 fully saturated rings. The Kier molecular flexibility index (Phi) is 8.60. The van der Waals surface area contributed by atoms with Gasteiger partial charge in [0.15, 0.2) is 17.9 Å². The lowest BCUT2D eigenvalue weighted by molar-refractivity contribution is -0.109. The minimum absolute atomic E-state index is 0.00578. The van der Waals surface area contributed by atoms with Gasteiger partial charge < -0.3 is 14.8 Å². The van der Waals surface area contributed by atoms with Crippen molar-refractivity contribution in [2.45, 2.75) is 75.3 Å². The Morgan fingerprint density at radius 2 is 1.91 bits per heavy atom. The van der Waals surface area contributed by atoms with Crippen LogP contribution in [0, 0.1) is 11.6 Å². The van der Waals surface area contributed by atoms with Crippen molar-refractivity contribution in [3.63, 3.8) is 0 Å². The summed E-state index contributed by atoms with van der Waals surface area (Å²) in [7, 11) is -3.35. The monoisotopic (exact) mass is 474 g/mol. The van der Waals surface area contributed by atoms with Crippen molar-refractivity contribution >= 4 is 16.3 Å². The Morgan fingerprint density at radius 3 is 2.56 bits per heavy atom. The first-order valence-corrected chi connectivity index (χ1v) is 12.7. The molecule has 2 N–H and O–H groups in total. The number of hydrogen-bond donors (Lipinski definition) is 2. The van der Waals surface area contributed by atoms with Gasteiger partial charge in [-0.3, -0.25) is 4.79 Å². The van der Waals surface area contributed by atoms with E-state index >= 15 is 0 Å². The van der Waals surface area contributed by atoms with E-state index < -0.39 is 26.9 Å². The number of carbonyl (C=O) groups excluding carboxylic acids is 1. The van der Waals surface area contributed by atoms with E-state index in [1.807, 2.05) is 0 Å². The average Bonchev–Trinajstić information content (AvgIpc) is 3.17. The minimum Gasteiger partial charge on any atom is -0.483 e. The number of halogens is 2. The fourth-order valence-corrected chi connectivity index (χ4v) is 5.34. The molecule has 7 nitrogen and oxygen atoms in total. The Labute approximate surface area is 188 Å². The zero-order chi connectivity index (χ0) is 23.3. The van der Waals surface area contributed by atoms with Crippen molar-refractivity contribution < 1.29 is 31.5 Å². The third-order valence-electron chi connectivity index (χ3n) is 6.24. The van der Waals surface area contributed by atoms with Gasteiger partial charge in [0.2, 0.25) is 10.0 Å². The molecule has 1 aromatic rings. The SMILES string of the molecule is CC(C)S(=O)(=O)N[C@H]1CCN[C@H]1COC1CCC(c2cc(F)cc(F)c2OCC=O)CC1. The van der Waals surface area contributed by atoms with Crippen LogP contribution in [0.2, 0.25) is 0 Å². The summed E-state index contributed by atoms with van der Waals surface area (Å²) in [5.74, 6) is -1.62. The highest BCUT2D eigenvalue weighted by molar-refractivity contribution is 7.90. The highest BCUT2D eigenvalue weighted by atomic mass is 32.2. The molecule has 1 aliphatic carbocycles. The third kappa shape index (κ3) is 6.24. The van der Waals surface area contributed by atoms with E-state index in [4.69, 9.17) is 9.47 Å². The number of hydrogen-bond acceptors (Lipinski definition) is 6. The molecule has 32 heavy (non-hydrogen) atoms. The van der Waals surface area contributed by atoms with Crippen LogP contribution in [0.25, 0.3) is 0 Å². The summed E-state index contributed by atoms with van der Waals surface area (Å²) in [5, 5.41) is 2.81. The first-order valence-electron chi connectivity index (χ1n) is 11.1. The molecule has 180 valence electrons. The second-order valence-corrected chi connectivity index (χ2v) is 11.0. The van der Waals surface area contributed by atoms with Crippen molar-refractivity contribution in [3.8, 4) is 5.75 Å². The average molecular weight is 475 g/mol. The number of nitrogens with one attached hydrogen (secondary N) is 2. The van der Waals surface area contributed by atoms with E-state index in [1.165, 1.54) is 6.07 Å². The summed E-state index contributed by atoms with van der Waals surface area (Å²) >= 11 is 0. The second-order valence-electron chi connectivity index (χ2n) is 8.76. The molecule has 0 amide bonds. The van der Waals surface area contributed by atoms with Crippen molar-refractivity contribution in [3.05, 3.63) is 29.3 Å². The van der Waals surface area contributed by atoms with E-state index in [0.29, 0.717) is 50.6 Å². The van der Waals surface area contributed by atoms with Crippen LogP contribution in [0.3, 0.4) is 0 Å². The van der Waals surface area contributed by atoms with Gasteiger partial charge in [0.05, 0.1) is 18.0 Å². The smallest absolute Gasteiger partial charge is 0.214 e. The van der Waals surface area contributed by atoms with Crippen LogP contribution in [0.1, 0.15) is 57.4 Å². The predicted molar refractivity (Wildman–Crippen MR) is 116 cm³/mol. The summed E-state index contributed by atoms with van der Waals surface area (Å²) in [4.78, 5) is 10.6. The lowest BCUT2D eigenvalue weighted by Gasteiger charge is -2.31. The number of ether oxygens (including phenoxy) is 2. The van der Waals surface area contributed by atoms with Crippen molar-refractivity contribution in [1.29, 1.82) is 0 Å². The molecule has 10 heteroatoms. The van der Waals surface area contributed by atoms with E-state index in [0.717, 1.165) is 12.6 Å². The summed E-state index contributed by atoms with van der Waals surface area (Å²) in [6.45, 7) is 4.12. The molecule has 1 aliphatic heterocycles. The molecular formula is C22H32F2N2O5S. The molecule has 2 aliphatic rings. The molecule has 3 rings (SSSR count). The van der Waals surface area contributed by atoms with Gasteiger partial charge in [-0.25, -0.2) is 21.9 Å². The molecule has 1 saturated heterocycles.